The second-order valence-corrected chi connectivity index (χ2v) is 6.21. The predicted molar refractivity (Wildman–Crippen MR) is 68.4 cm³/mol. The van der Waals surface area contributed by atoms with Gasteiger partial charge in [-0.25, -0.2) is 13.4 Å². The fourth-order valence-corrected chi connectivity index (χ4v) is 2.00. The number of anilines is 1. The summed E-state index contributed by atoms with van der Waals surface area (Å²) < 4.78 is 22.6. The van der Waals surface area contributed by atoms with Gasteiger partial charge in [-0.3, -0.25) is 10.1 Å². The average Bonchev–Trinajstić information content (AvgIpc) is 2.28. The molecule has 0 radical (unpaired) electrons. The summed E-state index contributed by atoms with van der Waals surface area (Å²) in [6.07, 6.45) is 0. The van der Waals surface area contributed by atoms with Gasteiger partial charge in [-0.05, 0) is 13.0 Å². The molecule has 0 saturated carbocycles. The van der Waals surface area contributed by atoms with E-state index in [1.54, 1.807) is 13.8 Å². The van der Waals surface area contributed by atoms with Crippen molar-refractivity contribution >= 4 is 21.3 Å². The second-order valence-electron chi connectivity index (χ2n) is 3.74. The number of pyridine rings is 1. The number of rotatable bonds is 6. The van der Waals surface area contributed by atoms with Crippen LogP contribution in [0.2, 0.25) is 0 Å². The van der Waals surface area contributed by atoms with Gasteiger partial charge >= 0.3 is 5.69 Å². The van der Waals surface area contributed by atoms with E-state index in [9.17, 15) is 18.5 Å². The molecule has 0 bridgehead atoms. The SMILES string of the molecule is CCS(=O)(=O)CCNc1nc(C)ccc1[N+](=O)[O-]. The molecule has 100 valence electrons. The molecule has 18 heavy (non-hydrogen) atoms. The maximum Gasteiger partial charge on any atom is 0.311 e. The highest BCUT2D eigenvalue weighted by molar-refractivity contribution is 7.91. The van der Waals surface area contributed by atoms with Gasteiger partial charge in [-0.15, -0.1) is 0 Å². The highest BCUT2D eigenvalue weighted by Crippen LogP contribution is 2.21. The van der Waals surface area contributed by atoms with Gasteiger partial charge in [-0.1, -0.05) is 6.92 Å². The van der Waals surface area contributed by atoms with Gasteiger partial charge < -0.3 is 5.32 Å². The first-order valence-electron chi connectivity index (χ1n) is 5.42. The molecule has 0 aromatic carbocycles. The average molecular weight is 273 g/mol. The van der Waals surface area contributed by atoms with Crippen LogP contribution in [0.5, 0.6) is 0 Å². The van der Waals surface area contributed by atoms with Crippen molar-refractivity contribution in [1.29, 1.82) is 0 Å². The Bertz CT molecular complexity index is 542. The minimum absolute atomic E-state index is 0.0536. The van der Waals surface area contributed by atoms with Crippen LogP contribution in [-0.4, -0.2) is 36.4 Å². The molecule has 0 aliphatic carbocycles. The third-order valence-electron chi connectivity index (χ3n) is 2.36. The van der Waals surface area contributed by atoms with Crippen LogP contribution in [0, 0.1) is 17.0 Å². The van der Waals surface area contributed by atoms with E-state index in [1.165, 1.54) is 12.1 Å². The lowest BCUT2D eigenvalue weighted by Crippen LogP contribution is -2.18. The molecule has 1 aromatic heterocycles. The Kier molecular flexibility index (Phi) is 4.60. The van der Waals surface area contributed by atoms with Gasteiger partial charge in [0.2, 0.25) is 5.82 Å². The standard InChI is InChI=1S/C10H15N3O4S/c1-3-18(16,17)7-6-11-10-9(13(14)15)5-4-8(2)12-10/h4-5H,3,6-7H2,1-2H3,(H,11,12). The molecule has 1 heterocycles. The van der Waals surface area contributed by atoms with E-state index in [4.69, 9.17) is 0 Å². The molecule has 0 spiro atoms. The van der Waals surface area contributed by atoms with E-state index in [0.717, 1.165) is 0 Å². The first-order valence-corrected chi connectivity index (χ1v) is 7.24. The number of nitrogens with zero attached hydrogens (tertiary/aromatic N) is 2. The normalized spacial score (nSPS) is 11.2. The second kappa shape index (κ2) is 5.76. The van der Waals surface area contributed by atoms with Gasteiger partial charge in [0.1, 0.15) is 0 Å². The van der Waals surface area contributed by atoms with Crippen molar-refractivity contribution in [2.75, 3.05) is 23.4 Å². The molecule has 0 saturated heterocycles. The summed E-state index contributed by atoms with van der Waals surface area (Å²) in [6, 6.07) is 2.88. The molecular weight excluding hydrogens is 258 g/mol. The summed E-state index contributed by atoms with van der Waals surface area (Å²) >= 11 is 0. The van der Waals surface area contributed by atoms with Crippen LogP contribution >= 0.6 is 0 Å². The van der Waals surface area contributed by atoms with Crippen LogP contribution in [0.3, 0.4) is 0 Å². The molecule has 1 aromatic rings. The van der Waals surface area contributed by atoms with E-state index in [2.05, 4.69) is 10.3 Å². The number of aromatic nitrogens is 1. The highest BCUT2D eigenvalue weighted by Gasteiger charge is 2.15. The largest absolute Gasteiger partial charge is 0.363 e. The van der Waals surface area contributed by atoms with Gasteiger partial charge in [0.05, 0.1) is 10.7 Å². The van der Waals surface area contributed by atoms with E-state index < -0.39 is 14.8 Å². The Morgan fingerprint density at radius 3 is 2.67 bits per heavy atom. The molecule has 8 heteroatoms. The molecule has 1 N–H and O–H groups in total. The monoisotopic (exact) mass is 273 g/mol. The van der Waals surface area contributed by atoms with E-state index in [-0.39, 0.29) is 29.6 Å². The summed E-state index contributed by atoms with van der Waals surface area (Å²) in [5.74, 6) is 0.0835. The van der Waals surface area contributed by atoms with Crippen molar-refractivity contribution in [3.8, 4) is 0 Å². The van der Waals surface area contributed by atoms with Crippen molar-refractivity contribution in [1.82, 2.24) is 4.98 Å². The number of hydrogen-bond acceptors (Lipinski definition) is 6. The minimum atomic E-state index is -3.09. The van der Waals surface area contributed by atoms with Crippen LogP contribution in [0.25, 0.3) is 0 Å². The highest BCUT2D eigenvalue weighted by atomic mass is 32.2. The molecular formula is C10H15N3O4S. The summed E-state index contributed by atoms with van der Waals surface area (Å²) in [7, 11) is -3.09. The van der Waals surface area contributed by atoms with Crippen molar-refractivity contribution < 1.29 is 13.3 Å². The number of hydrogen-bond donors (Lipinski definition) is 1. The fourth-order valence-electron chi connectivity index (χ4n) is 1.30. The minimum Gasteiger partial charge on any atom is -0.363 e. The molecule has 0 aliphatic heterocycles. The van der Waals surface area contributed by atoms with Gasteiger partial charge in [0.25, 0.3) is 0 Å². The first kappa shape index (κ1) is 14.4. The Morgan fingerprint density at radius 1 is 1.44 bits per heavy atom. The molecule has 1 rings (SSSR count). The number of aryl methyl sites for hydroxylation is 1. The third kappa shape index (κ3) is 3.95. The molecule has 0 aliphatic rings. The molecule has 7 nitrogen and oxygen atoms in total. The van der Waals surface area contributed by atoms with Crippen molar-refractivity contribution in [3.63, 3.8) is 0 Å². The molecule has 0 atom stereocenters. The summed E-state index contributed by atoms with van der Waals surface area (Å²) in [6.45, 7) is 3.37. The van der Waals surface area contributed by atoms with Crippen LogP contribution in [-0.2, 0) is 9.84 Å². The molecule has 0 amide bonds. The van der Waals surface area contributed by atoms with Crippen LogP contribution in [0.4, 0.5) is 11.5 Å². The Labute approximate surface area is 105 Å². The zero-order valence-corrected chi connectivity index (χ0v) is 11.0. The molecule has 0 fully saturated rings. The number of nitrogens with one attached hydrogen (secondary N) is 1. The predicted octanol–water partition coefficient (Wildman–Crippen LogP) is 1.14. The first-order chi connectivity index (χ1) is 8.35. The topological polar surface area (TPSA) is 102 Å². The van der Waals surface area contributed by atoms with Crippen molar-refractivity contribution in [3.05, 3.63) is 27.9 Å². The van der Waals surface area contributed by atoms with Crippen LogP contribution in [0.1, 0.15) is 12.6 Å². The summed E-state index contributed by atoms with van der Waals surface area (Å²) in [4.78, 5) is 14.2. The zero-order valence-electron chi connectivity index (χ0n) is 10.2. The van der Waals surface area contributed by atoms with E-state index >= 15 is 0 Å². The Morgan fingerprint density at radius 2 is 2.11 bits per heavy atom. The summed E-state index contributed by atoms with van der Waals surface area (Å²) in [5.41, 5.74) is 0.468. The Balaban J connectivity index is 2.78. The maximum atomic E-state index is 11.3. The van der Waals surface area contributed by atoms with Gasteiger partial charge in [0.15, 0.2) is 9.84 Å². The van der Waals surface area contributed by atoms with Crippen molar-refractivity contribution in [2.45, 2.75) is 13.8 Å². The number of nitro groups is 1. The summed E-state index contributed by atoms with van der Waals surface area (Å²) in [5, 5.41) is 13.5. The lowest BCUT2D eigenvalue weighted by Gasteiger charge is -2.06. The van der Waals surface area contributed by atoms with Crippen molar-refractivity contribution in [2.24, 2.45) is 0 Å². The smallest absolute Gasteiger partial charge is 0.311 e. The van der Waals surface area contributed by atoms with E-state index in [1.807, 2.05) is 0 Å². The van der Waals surface area contributed by atoms with Gasteiger partial charge in [0, 0.05) is 24.1 Å². The fraction of sp³-hybridized carbons (Fsp3) is 0.500. The lowest BCUT2D eigenvalue weighted by atomic mass is 10.3. The zero-order chi connectivity index (χ0) is 13.8. The lowest BCUT2D eigenvalue weighted by molar-refractivity contribution is -0.384. The van der Waals surface area contributed by atoms with Gasteiger partial charge in [-0.2, -0.15) is 0 Å². The van der Waals surface area contributed by atoms with E-state index in [0.29, 0.717) is 5.69 Å². The maximum absolute atomic E-state index is 11.3. The quantitative estimate of drug-likeness (QED) is 0.616. The van der Waals surface area contributed by atoms with Crippen LogP contribution in [0.15, 0.2) is 12.1 Å². The third-order valence-corrected chi connectivity index (χ3v) is 4.06. The van der Waals surface area contributed by atoms with Crippen LogP contribution < -0.4 is 5.32 Å². The number of sulfone groups is 1. The Hall–Kier alpha value is -1.70. The molecule has 0 unspecified atom stereocenters.